The Bertz CT molecular complexity index is 767. The molecule has 2 atom stereocenters. The van der Waals surface area contributed by atoms with E-state index in [1.165, 1.54) is 21.3 Å². The standard InChI is InChI=1S/C17H22N2O6S/c20-16(19-9-10-25-12-15(19)17(21)22)13-5-4-8-18(11-13)26(23,24)14-6-2-1-3-7-14/h1-3,6-7,13,15H,4-5,8-12H2,(H,21,22). The second-order valence-electron chi connectivity index (χ2n) is 6.48. The summed E-state index contributed by atoms with van der Waals surface area (Å²) in [6, 6.07) is 7.10. The van der Waals surface area contributed by atoms with Crippen molar-refractivity contribution in [2.24, 2.45) is 5.92 Å². The van der Waals surface area contributed by atoms with Crippen molar-refractivity contribution >= 4 is 21.9 Å². The lowest BCUT2D eigenvalue weighted by atomic mass is 9.97. The van der Waals surface area contributed by atoms with Crippen LogP contribution in [0.5, 0.6) is 0 Å². The van der Waals surface area contributed by atoms with Gasteiger partial charge in [0.2, 0.25) is 15.9 Å². The van der Waals surface area contributed by atoms with Crippen LogP contribution in [0.25, 0.3) is 0 Å². The summed E-state index contributed by atoms with van der Waals surface area (Å²) in [4.78, 5) is 25.8. The minimum absolute atomic E-state index is 0.0418. The van der Waals surface area contributed by atoms with E-state index >= 15 is 0 Å². The Kier molecular flexibility index (Phi) is 5.59. The molecule has 2 unspecified atom stereocenters. The molecule has 0 radical (unpaired) electrons. The van der Waals surface area contributed by atoms with Gasteiger partial charge in [-0.3, -0.25) is 4.79 Å². The van der Waals surface area contributed by atoms with Gasteiger partial charge in [0, 0.05) is 19.6 Å². The molecule has 142 valence electrons. The van der Waals surface area contributed by atoms with Gasteiger partial charge in [-0.25, -0.2) is 13.2 Å². The number of benzene rings is 1. The average molecular weight is 382 g/mol. The molecule has 1 N–H and O–H groups in total. The van der Waals surface area contributed by atoms with E-state index in [2.05, 4.69) is 0 Å². The molecule has 26 heavy (non-hydrogen) atoms. The summed E-state index contributed by atoms with van der Waals surface area (Å²) in [5.74, 6) is -1.96. The Morgan fingerprint density at radius 2 is 1.88 bits per heavy atom. The third-order valence-corrected chi connectivity index (χ3v) is 6.69. The summed E-state index contributed by atoms with van der Waals surface area (Å²) in [5.41, 5.74) is 0. The van der Waals surface area contributed by atoms with Gasteiger partial charge in [-0.1, -0.05) is 18.2 Å². The van der Waals surface area contributed by atoms with Crippen LogP contribution in [0.1, 0.15) is 12.8 Å². The molecule has 0 spiro atoms. The molecule has 2 aliphatic rings. The molecule has 1 aromatic carbocycles. The molecule has 3 rings (SSSR count). The first-order valence-electron chi connectivity index (χ1n) is 8.57. The van der Waals surface area contributed by atoms with Crippen molar-refractivity contribution in [3.63, 3.8) is 0 Å². The van der Waals surface area contributed by atoms with Crippen LogP contribution in [0.15, 0.2) is 35.2 Å². The lowest BCUT2D eigenvalue weighted by Crippen LogP contribution is -2.56. The monoisotopic (exact) mass is 382 g/mol. The number of hydrogen-bond donors (Lipinski definition) is 1. The van der Waals surface area contributed by atoms with Crippen molar-refractivity contribution in [1.82, 2.24) is 9.21 Å². The van der Waals surface area contributed by atoms with Gasteiger partial charge in [-0.15, -0.1) is 0 Å². The maximum Gasteiger partial charge on any atom is 0.328 e. The fraction of sp³-hybridized carbons (Fsp3) is 0.529. The molecule has 0 aliphatic carbocycles. The van der Waals surface area contributed by atoms with Gasteiger partial charge in [0.1, 0.15) is 0 Å². The molecule has 2 heterocycles. The average Bonchev–Trinajstić information content (AvgIpc) is 2.68. The van der Waals surface area contributed by atoms with E-state index in [0.29, 0.717) is 19.4 Å². The van der Waals surface area contributed by atoms with Gasteiger partial charge >= 0.3 is 5.97 Å². The number of nitrogens with zero attached hydrogens (tertiary/aromatic N) is 2. The predicted octanol–water partition coefficient (Wildman–Crippen LogP) is 0.399. The first-order chi connectivity index (χ1) is 12.4. The van der Waals surface area contributed by atoms with Crippen molar-refractivity contribution in [2.45, 2.75) is 23.8 Å². The topological polar surface area (TPSA) is 104 Å². The number of morpholine rings is 1. The largest absolute Gasteiger partial charge is 0.480 e. The van der Waals surface area contributed by atoms with Crippen LogP contribution in [0.3, 0.4) is 0 Å². The Morgan fingerprint density at radius 3 is 2.58 bits per heavy atom. The lowest BCUT2D eigenvalue weighted by molar-refractivity contribution is -0.160. The lowest BCUT2D eigenvalue weighted by Gasteiger charge is -2.38. The zero-order valence-electron chi connectivity index (χ0n) is 14.3. The summed E-state index contributed by atoms with van der Waals surface area (Å²) < 4.78 is 32.1. The van der Waals surface area contributed by atoms with Gasteiger partial charge < -0.3 is 14.7 Å². The molecule has 2 fully saturated rings. The molecule has 0 saturated carbocycles. The van der Waals surface area contributed by atoms with E-state index < -0.39 is 28.0 Å². The fourth-order valence-electron chi connectivity index (χ4n) is 3.41. The highest BCUT2D eigenvalue weighted by atomic mass is 32.2. The molecule has 2 saturated heterocycles. The summed E-state index contributed by atoms with van der Waals surface area (Å²) in [7, 11) is -3.67. The fourth-order valence-corrected chi connectivity index (χ4v) is 4.96. The maximum absolute atomic E-state index is 12.9. The second kappa shape index (κ2) is 7.73. The van der Waals surface area contributed by atoms with E-state index in [9.17, 15) is 23.1 Å². The molecule has 2 aliphatic heterocycles. The Hall–Kier alpha value is -1.97. The van der Waals surface area contributed by atoms with Crippen molar-refractivity contribution < 1.29 is 27.9 Å². The van der Waals surface area contributed by atoms with Crippen LogP contribution in [0.4, 0.5) is 0 Å². The number of carbonyl (C=O) groups is 2. The highest BCUT2D eigenvalue weighted by Crippen LogP contribution is 2.26. The third-order valence-electron chi connectivity index (χ3n) is 4.81. The molecular formula is C17H22N2O6S. The van der Waals surface area contributed by atoms with Gasteiger partial charge in [0.15, 0.2) is 6.04 Å². The summed E-state index contributed by atoms with van der Waals surface area (Å²) in [5, 5.41) is 9.31. The van der Waals surface area contributed by atoms with Crippen LogP contribution in [-0.4, -0.2) is 73.5 Å². The highest BCUT2D eigenvalue weighted by molar-refractivity contribution is 7.89. The normalized spacial score (nSPS) is 25.0. The Labute approximate surface area is 152 Å². The minimum Gasteiger partial charge on any atom is -0.480 e. The molecule has 1 aromatic rings. The number of hydrogen-bond acceptors (Lipinski definition) is 5. The number of carboxylic acids is 1. The quantitative estimate of drug-likeness (QED) is 0.808. The van der Waals surface area contributed by atoms with Crippen LogP contribution in [-0.2, 0) is 24.3 Å². The molecule has 9 heteroatoms. The number of sulfonamides is 1. The highest BCUT2D eigenvalue weighted by Gasteiger charge is 2.39. The molecule has 0 aromatic heterocycles. The van der Waals surface area contributed by atoms with Gasteiger partial charge in [0.25, 0.3) is 0 Å². The zero-order chi connectivity index (χ0) is 18.7. The zero-order valence-corrected chi connectivity index (χ0v) is 15.1. The number of carbonyl (C=O) groups excluding carboxylic acids is 1. The third kappa shape index (κ3) is 3.74. The van der Waals surface area contributed by atoms with Crippen molar-refractivity contribution in [3.8, 4) is 0 Å². The van der Waals surface area contributed by atoms with Crippen molar-refractivity contribution in [1.29, 1.82) is 0 Å². The second-order valence-corrected chi connectivity index (χ2v) is 8.41. The molecule has 8 nitrogen and oxygen atoms in total. The van der Waals surface area contributed by atoms with E-state index in [-0.39, 0.29) is 37.1 Å². The molecular weight excluding hydrogens is 360 g/mol. The summed E-state index contributed by atoms with van der Waals surface area (Å²) >= 11 is 0. The van der Waals surface area contributed by atoms with E-state index in [1.54, 1.807) is 18.2 Å². The smallest absolute Gasteiger partial charge is 0.328 e. The van der Waals surface area contributed by atoms with E-state index in [1.807, 2.05) is 0 Å². The minimum atomic E-state index is -3.67. The van der Waals surface area contributed by atoms with Crippen molar-refractivity contribution in [2.75, 3.05) is 32.8 Å². The van der Waals surface area contributed by atoms with Crippen LogP contribution >= 0.6 is 0 Å². The maximum atomic E-state index is 12.9. The molecule has 0 bridgehead atoms. The number of ether oxygens (including phenoxy) is 1. The van der Waals surface area contributed by atoms with Crippen LogP contribution < -0.4 is 0 Å². The van der Waals surface area contributed by atoms with Gasteiger partial charge in [0.05, 0.1) is 24.0 Å². The predicted molar refractivity (Wildman–Crippen MR) is 91.9 cm³/mol. The number of carboxylic acid groups (broad SMARTS) is 1. The molecule has 1 amide bonds. The van der Waals surface area contributed by atoms with E-state index in [4.69, 9.17) is 4.74 Å². The summed E-state index contributed by atoms with van der Waals surface area (Å²) in [6.45, 7) is 0.873. The number of piperidine rings is 1. The van der Waals surface area contributed by atoms with E-state index in [0.717, 1.165) is 0 Å². The van der Waals surface area contributed by atoms with Crippen LogP contribution in [0.2, 0.25) is 0 Å². The number of amides is 1. The van der Waals surface area contributed by atoms with Crippen LogP contribution in [0, 0.1) is 5.92 Å². The number of aliphatic carboxylic acids is 1. The first kappa shape index (κ1) is 18.8. The Balaban J connectivity index is 1.76. The van der Waals surface area contributed by atoms with Gasteiger partial charge in [-0.2, -0.15) is 4.31 Å². The van der Waals surface area contributed by atoms with Gasteiger partial charge in [-0.05, 0) is 25.0 Å². The van der Waals surface area contributed by atoms with Crippen molar-refractivity contribution in [3.05, 3.63) is 30.3 Å². The number of rotatable bonds is 4. The SMILES string of the molecule is O=C(O)C1COCCN1C(=O)C1CCCN(S(=O)(=O)c2ccccc2)C1. The first-order valence-corrected chi connectivity index (χ1v) is 10.0. The summed E-state index contributed by atoms with van der Waals surface area (Å²) in [6.07, 6.45) is 1.11. The Morgan fingerprint density at radius 1 is 1.15 bits per heavy atom.